The van der Waals surface area contributed by atoms with Gasteiger partial charge in [-0.15, -0.1) is 0 Å². The Kier molecular flexibility index (Phi) is 3.41. The van der Waals surface area contributed by atoms with Crippen molar-refractivity contribution in [3.63, 3.8) is 0 Å². The summed E-state index contributed by atoms with van der Waals surface area (Å²) in [7, 11) is 0. The smallest absolute Gasteiger partial charge is 0.165 e. The molecular weight excluding hydrogens is 261 g/mol. The van der Waals surface area contributed by atoms with Crippen LogP contribution in [0.2, 0.25) is 0 Å². The highest BCUT2D eigenvalue weighted by atomic mass is 79.9. The number of hydrogen-bond acceptors (Lipinski definition) is 2. The van der Waals surface area contributed by atoms with E-state index >= 15 is 0 Å². The molecular formula is C11H15BrFNO. The zero-order valence-electron chi connectivity index (χ0n) is 9.01. The van der Waals surface area contributed by atoms with Gasteiger partial charge >= 0.3 is 0 Å². The predicted octanol–water partition coefficient (Wildman–Crippen LogP) is 3.34. The van der Waals surface area contributed by atoms with Gasteiger partial charge in [0, 0.05) is 16.1 Å². The maximum Gasteiger partial charge on any atom is 0.165 e. The predicted molar refractivity (Wildman–Crippen MR) is 62.1 cm³/mol. The van der Waals surface area contributed by atoms with Crippen molar-refractivity contribution in [3.8, 4) is 5.75 Å². The van der Waals surface area contributed by atoms with Crippen molar-refractivity contribution in [1.82, 2.24) is 0 Å². The summed E-state index contributed by atoms with van der Waals surface area (Å²) in [5.74, 6) is -1.01. The van der Waals surface area contributed by atoms with E-state index in [4.69, 9.17) is 5.73 Å². The number of hydrogen-bond donors (Lipinski definition) is 2. The molecule has 15 heavy (non-hydrogen) atoms. The van der Waals surface area contributed by atoms with E-state index < -0.39 is 11.9 Å². The van der Waals surface area contributed by atoms with Gasteiger partial charge < -0.3 is 10.8 Å². The molecule has 0 saturated heterocycles. The summed E-state index contributed by atoms with van der Waals surface area (Å²) in [6.07, 6.45) is 0. The molecule has 0 unspecified atom stereocenters. The molecule has 0 fully saturated rings. The molecule has 0 aliphatic rings. The van der Waals surface area contributed by atoms with Crippen molar-refractivity contribution < 1.29 is 9.50 Å². The average molecular weight is 276 g/mol. The number of phenols is 1. The van der Waals surface area contributed by atoms with Crippen LogP contribution in [0.1, 0.15) is 32.4 Å². The molecule has 3 N–H and O–H groups in total. The van der Waals surface area contributed by atoms with Crippen molar-refractivity contribution in [3.05, 3.63) is 28.0 Å². The number of rotatable bonds is 1. The fourth-order valence-corrected chi connectivity index (χ4v) is 1.85. The van der Waals surface area contributed by atoms with Gasteiger partial charge in [0.25, 0.3) is 0 Å². The maximum absolute atomic E-state index is 13.2. The lowest BCUT2D eigenvalue weighted by molar-refractivity contribution is 0.312. The van der Waals surface area contributed by atoms with Crippen LogP contribution in [0, 0.1) is 11.2 Å². The normalized spacial score (nSPS) is 14.0. The first-order chi connectivity index (χ1) is 6.75. The van der Waals surface area contributed by atoms with Gasteiger partial charge in [0.2, 0.25) is 0 Å². The summed E-state index contributed by atoms with van der Waals surface area (Å²) in [6, 6.07) is 2.33. The zero-order chi connectivity index (χ0) is 11.8. The Morgan fingerprint density at radius 3 is 2.40 bits per heavy atom. The van der Waals surface area contributed by atoms with Crippen molar-refractivity contribution in [1.29, 1.82) is 0 Å². The van der Waals surface area contributed by atoms with Crippen LogP contribution in [-0.4, -0.2) is 5.11 Å². The van der Waals surface area contributed by atoms with E-state index in [1.165, 1.54) is 6.07 Å². The van der Waals surface area contributed by atoms with Crippen LogP contribution in [0.5, 0.6) is 5.75 Å². The summed E-state index contributed by atoms with van der Waals surface area (Å²) in [6.45, 7) is 5.82. The summed E-state index contributed by atoms with van der Waals surface area (Å²) in [5, 5.41) is 9.63. The van der Waals surface area contributed by atoms with E-state index in [-0.39, 0.29) is 11.2 Å². The van der Waals surface area contributed by atoms with Crippen molar-refractivity contribution in [2.24, 2.45) is 11.1 Å². The topological polar surface area (TPSA) is 46.2 Å². The molecule has 0 spiro atoms. The quantitative estimate of drug-likeness (QED) is 0.826. The lowest BCUT2D eigenvalue weighted by atomic mass is 9.82. The molecule has 0 heterocycles. The standard InChI is InChI=1S/C11H15BrFNO/c1-11(2,3)10(14)8-6(12)4-5-7(13)9(8)15/h4-5,10,15H,14H2,1-3H3/t10-/m0/s1. The van der Waals surface area contributed by atoms with Crippen LogP contribution >= 0.6 is 15.9 Å². The van der Waals surface area contributed by atoms with E-state index in [0.29, 0.717) is 10.0 Å². The third-order valence-corrected chi connectivity index (χ3v) is 3.05. The highest BCUT2D eigenvalue weighted by Crippen LogP contribution is 2.40. The average Bonchev–Trinajstić information content (AvgIpc) is 2.10. The molecule has 84 valence electrons. The first kappa shape index (κ1) is 12.5. The van der Waals surface area contributed by atoms with Gasteiger partial charge in [-0.25, -0.2) is 4.39 Å². The van der Waals surface area contributed by atoms with Gasteiger partial charge in [0.05, 0.1) is 0 Å². The van der Waals surface area contributed by atoms with E-state index in [1.54, 1.807) is 6.07 Å². The summed E-state index contributed by atoms with van der Waals surface area (Å²) >= 11 is 3.27. The molecule has 0 amide bonds. The largest absolute Gasteiger partial charge is 0.505 e. The van der Waals surface area contributed by atoms with Crippen LogP contribution < -0.4 is 5.73 Å². The molecule has 0 aromatic heterocycles. The van der Waals surface area contributed by atoms with E-state index in [2.05, 4.69) is 15.9 Å². The first-order valence-corrected chi connectivity index (χ1v) is 5.47. The monoisotopic (exact) mass is 275 g/mol. The first-order valence-electron chi connectivity index (χ1n) is 4.67. The number of benzene rings is 1. The highest BCUT2D eigenvalue weighted by Gasteiger charge is 2.27. The Labute approximate surface area is 97.4 Å². The molecule has 4 heteroatoms. The lowest BCUT2D eigenvalue weighted by Crippen LogP contribution is -2.26. The number of phenolic OH excluding ortho intramolecular Hbond substituents is 1. The number of halogens is 2. The third-order valence-electron chi connectivity index (χ3n) is 2.36. The lowest BCUT2D eigenvalue weighted by Gasteiger charge is -2.28. The van der Waals surface area contributed by atoms with Crippen LogP contribution in [0.3, 0.4) is 0 Å². The minimum Gasteiger partial charge on any atom is -0.505 e. The number of aromatic hydroxyl groups is 1. The zero-order valence-corrected chi connectivity index (χ0v) is 10.6. The number of nitrogens with two attached hydrogens (primary N) is 1. The molecule has 1 rings (SSSR count). The second kappa shape index (κ2) is 4.10. The van der Waals surface area contributed by atoms with Gasteiger partial charge in [0.1, 0.15) is 0 Å². The van der Waals surface area contributed by atoms with Gasteiger partial charge in [0.15, 0.2) is 11.6 Å². The van der Waals surface area contributed by atoms with Gasteiger partial charge in [-0.1, -0.05) is 36.7 Å². The fourth-order valence-electron chi connectivity index (χ4n) is 1.29. The molecule has 0 radical (unpaired) electrons. The fraction of sp³-hybridized carbons (Fsp3) is 0.455. The third kappa shape index (κ3) is 2.49. The Morgan fingerprint density at radius 2 is 1.93 bits per heavy atom. The van der Waals surface area contributed by atoms with E-state index in [9.17, 15) is 9.50 Å². The van der Waals surface area contributed by atoms with E-state index in [1.807, 2.05) is 20.8 Å². The van der Waals surface area contributed by atoms with Crippen LogP contribution in [-0.2, 0) is 0 Å². The van der Waals surface area contributed by atoms with Crippen molar-refractivity contribution >= 4 is 15.9 Å². The molecule has 1 aromatic rings. The van der Waals surface area contributed by atoms with E-state index in [0.717, 1.165) is 0 Å². The molecule has 0 saturated carbocycles. The molecule has 2 nitrogen and oxygen atoms in total. The van der Waals surface area contributed by atoms with Crippen LogP contribution in [0.15, 0.2) is 16.6 Å². The second-order valence-electron chi connectivity index (χ2n) is 4.64. The Morgan fingerprint density at radius 1 is 1.40 bits per heavy atom. The SMILES string of the molecule is CC(C)(C)[C@@H](N)c1c(Br)ccc(F)c1O. The van der Waals surface area contributed by atoms with Crippen LogP contribution in [0.25, 0.3) is 0 Å². The summed E-state index contributed by atoms with van der Waals surface area (Å²) in [5.41, 5.74) is 6.16. The Bertz CT molecular complexity index is 374. The minimum atomic E-state index is -0.645. The summed E-state index contributed by atoms with van der Waals surface area (Å²) < 4.78 is 13.8. The molecule has 0 bridgehead atoms. The van der Waals surface area contributed by atoms with Gasteiger partial charge in [-0.3, -0.25) is 0 Å². The molecule has 0 aliphatic carbocycles. The second-order valence-corrected chi connectivity index (χ2v) is 5.49. The molecule has 1 aromatic carbocycles. The van der Waals surface area contributed by atoms with Crippen molar-refractivity contribution in [2.75, 3.05) is 0 Å². The van der Waals surface area contributed by atoms with Gasteiger partial charge in [-0.05, 0) is 17.5 Å². The minimum absolute atomic E-state index is 0.242. The Hall–Kier alpha value is -0.610. The summed E-state index contributed by atoms with van der Waals surface area (Å²) in [4.78, 5) is 0. The Balaban J connectivity index is 3.31. The highest BCUT2D eigenvalue weighted by molar-refractivity contribution is 9.10. The van der Waals surface area contributed by atoms with Crippen molar-refractivity contribution in [2.45, 2.75) is 26.8 Å². The van der Waals surface area contributed by atoms with Gasteiger partial charge in [-0.2, -0.15) is 0 Å². The maximum atomic E-state index is 13.2. The van der Waals surface area contributed by atoms with Crippen LogP contribution in [0.4, 0.5) is 4.39 Å². The molecule has 1 atom stereocenters. The molecule has 0 aliphatic heterocycles.